The highest BCUT2D eigenvalue weighted by atomic mass is 19.1. The van der Waals surface area contributed by atoms with E-state index in [2.05, 4.69) is 0 Å². The second-order valence-corrected chi connectivity index (χ2v) is 3.55. The van der Waals surface area contributed by atoms with Crippen LogP contribution in [0.4, 0.5) is 4.39 Å². The molecule has 0 amide bonds. The Hall–Kier alpha value is -1.44. The van der Waals surface area contributed by atoms with Crippen LogP contribution in [0.1, 0.15) is 18.1 Å². The average Bonchev–Trinajstić information content (AvgIpc) is 2.31. The fourth-order valence-corrected chi connectivity index (χ4v) is 1.56. The summed E-state index contributed by atoms with van der Waals surface area (Å²) in [5.41, 5.74) is 6.11. The average molecular weight is 221 g/mol. The molecule has 0 saturated carbocycles. The highest BCUT2D eigenvalue weighted by Gasteiger charge is 2.10. The van der Waals surface area contributed by atoms with Crippen LogP contribution in [0, 0.1) is 17.1 Å². The van der Waals surface area contributed by atoms with E-state index < -0.39 is 5.82 Å². The minimum atomic E-state index is -0.416. The van der Waals surface area contributed by atoms with Crippen LogP contribution < -0.4 is 5.73 Å². The van der Waals surface area contributed by atoms with Gasteiger partial charge in [0.05, 0.1) is 5.56 Å². The molecule has 0 aliphatic rings. The van der Waals surface area contributed by atoms with Crippen LogP contribution in [0.15, 0.2) is 18.2 Å². The highest BCUT2D eigenvalue weighted by molar-refractivity contribution is 5.34. The van der Waals surface area contributed by atoms with Gasteiger partial charge in [-0.05, 0) is 12.6 Å². The second-order valence-electron chi connectivity index (χ2n) is 3.55. The Morgan fingerprint density at radius 2 is 2.25 bits per heavy atom. The molecule has 0 bridgehead atoms. The molecule has 0 atom stereocenters. The smallest absolute Gasteiger partial charge is 0.145 e. The van der Waals surface area contributed by atoms with Crippen LogP contribution in [0.5, 0.6) is 0 Å². The third-order valence-electron chi connectivity index (χ3n) is 2.49. The van der Waals surface area contributed by atoms with E-state index >= 15 is 0 Å². The summed E-state index contributed by atoms with van der Waals surface area (Å²) in [4.78, 5) is 2.04. The van der Waals surface area contributed by atoms with Crippen LogP contribution in [0.2, 0.25) is 0 Å². The molecule has 0 aromatic heterocycles. The number of nitrogens with zero attached hydrogens (tertiary/aromatic N) is 2. The van der Waals surface area contributed by atoms with Gasteiger partial charge in [-0.3, -0.25) is 4.90 Å². The molecule has 0 unspecified atom stereocenters. The zero-order valence-corrected chi connectivity index (χ0v) is 9.41. The number of hydrogen-bond donors (Lipinski definition) is 1. The number of likely N-dealkylation sites (N-methyl/N-ethyl adjacent to an activating group) is 1. The van der Waals surface area contributed by atoms with E-state index in [4.69, 9.17) is 11.0 Å². The van der Waals surface area contributed by atoms with Crippen molar-refractivity contribution >= 4 is 0 Å². The molecule has 0 fully saturated rings. The van der Waals surface area contributed by atoms with E-state index in [1.807, 2.05) is 17.9 Å². The van der Waals surface area contributed by atoms with Gasteiger partial charge in [0.15, 0.2) is 0 Å². The lowest BCUT2D eigenvalue weighted by molar-refractivity contribution is 0.284. The minimum absolute atomic E-state index is 0.0984. The molecule has 86 valence electrons. The van der Waals surface area contributed by atoms with Crippen molar-refractivity contribution in [3.63, 3.8) is 0 Å². The summed E-state index contributed by atoms with van der Waals surface area (Å²) in [6, 6.07) is 6.73. The van der Waals surface area contributed by atoms with Crippen molar-refractivity contribution in [2.75, 3.05) is 19.6 Å². The molecule has 0 radical (unpaired) electrons. The number of halogens is 1. The van der Waals surface area contributed by atoms with Crippen molar-refractivity contribution in [3.8, 4) is 6.07 Å². The fourth-order valence-electron chi connectivity index (χ4n) is 1.56. The molecule has 2 N–H and O–H groups in total. The molecule has 1 aromatic carbocycles. The van der Waals surface area contributed by atoms with Gasteiger partial charge in [-0.2, -0.15) is 5.26 Å². The largest absolute Gasteiger partial charge is 0.329 e. The quantitative estimate of drug-likeness (QED) is 0.819. The molecule has 0 aliphatic heterocycles. The predicted octanol–water partition coefficient (Wildman–Crippen LogP) is 1.48. The summed E-state index contributed by atoms with van der Waals surface area (Å²) >= 11 is 0. The van der Waals surface area contributed by atoms with Crippen molar-refractivity contribution < 1.29 is 4.39 Å². The molecule has 4 heteroatoms. The maximum absolute atomic E-state index is 13.7. The van der Waals surface area contributed by atoms with Gasteiger partial charge >= 0.3 is 0 Å². The normalized spacial score (nSPS) is 10.4. The van der Waals surface area contributed by atoms with E-state index in [1.165, 1.54) is 6.07 Å². The third-order valence-corrected chi connectivity index (χ3v) is 2.49. The van der Waals surface area contributed by atoms with Gasteiger partial charge < -0.3 is 5.73 Å². The molecule has 3 nitrogen and oxygen atoms in total. The Labute approximate surface area is 95.3 Å². The van der Waals surface area contributed by atoms with Crippen LogP contribution in [0.25, 0.3) is 0 Å². The van der Waals surface area contributed by atoms with E-state index in [-0.39, 0.29) is 5.56 Å². The Morgan fingerprint density at radius 1 is 1.50 bits per heavy atom. The van der Waals surface area contributed by atoms with E-state index in [0.29, 0.717) is 18.7 Å². The fraction of sp³-hybridized carbons (Fsp3) is 0.417. The third kappa shape index (κ3) is 3.02. The standard InChI is InChI=1S/C12H16FN3/c1-2-16(7-6-14)9-11-5-3-4-10(8-15)12(11)13/h3-5H,2,6-7,9,14H2,1H3. The molecule has 0 aliphatic carbocycles. The van der Waals surface area contributed by atoms with Crippen molar-refractivity contribution in [1.29, 1.82) is 5.26 Å². The predicted molar refractivity (Wildman–Crippen MR) is 61.1 cm³/mol. The lowest BCUT2D eigenvalue weighted by atomic mass is 10.1. The number of benzene rings is 1. The highest BCUT2D eigenvalue weighted by Crippen LogP contribution is 2.14. The van der Waals surface area contributed by atoms with Gasteiger partial charge in [0, 0.05) is 25.2 Å². The van der Waals surface area contributed by atoms with Crippen molar-refractivity contribution in [1.82, 2.24) is 4.90 Å². The molecule has 16 heavy (non-hydrogen) atoms. The number of nitriles is 1. The SMILES string of the molecule is CCN(CCN)Cc1cccc(C#N)c1F. The topological polar surface area (TPSA) is 53.0 Å². The summed E-state index contributed by atoms with van der Waals surface area (Å²) in [5.74, 6) is -0.416. The minimum Gasteiger partial charge on any atom is -0.329 e. The zero-order valence-electron chi connectivity index (χ0n) is 9.41. The number of rotatable bonds is 5. The first-order chi connectivity index (χ1) is 7.72. The molecule has 0 saturated heterocycles. The zero-order chi connectivity index (χ0) is 12.0. The van der Waals surface area contributed by atoms with E-state index in [0.717, 1.165) is 13.1 Å². The lowest BCUT2D eigenvalue weighted by Crippen LogP contribution is -2.29. The van der Waals surface area contributed by atoms with Crippen molar-refractivity contribution in [2.24, 2.45) is 5.73 Å². The van der Waals surface area contributed by atoms with Crippen molar-refractivity contribution in [2.45, 2.75) is 13.5 Å². The summed E-state index contributed by atoms with van der Waals surface area (Å²) in [6.07, 6.45) is 0. The van der Waals surface area contributed by atoms with E-state index in [9.17, 15) is 4.39 Å². The summed E-state index contributed by atoms with van der Waals surface area (Å²) in [6.45, 7) is 4.59. The van der Waals surface area contributed by atoms with Crippen LogP contribution in [0.3, 0.4) is 0 Å². The number of hydrogen-bond acceptors (Lipinski definition) is 3. The maximum Gasteiger partial charge on any atom is 0.145 e. The first-order valence-electron chi connectivity index (χ1n) is 5.32. The Bertz CT molecular complexity index is 384. The second kappa shape index (κ2) is 6.21. The first-order valence-corrected chi connectivity index (χ1v) is 5.32. The van der Waals surface area contributed by atoms with E-state index in [1.54, 1.807) is 12.1 Å². The monoisotopic (exact) mass is 221 g/mol. The Balaban J connectivity index is 2.84. The van der Waals surface area contributed by atoms with Gasteiger partial charge in [0.1, 0.15) is 11.9 Å². The molecule has 1 aromatic rings. The maximum atomic E-state index is 13.7. The van der Waals surface area contributed by atoms with Gasteiger partial charge in [0.25, 0.3) is 0 Å². The number of nitrogens with two attached hydrogens (primary N) is 1. The molecule has 1 rings (SSSR count). The molecule has 0 heterocycles. The van der Waals surface area contributed by atoms with Crippen LogP contribution in [-0.4, -0.2) is 24.5 Å². The summed E-state index contributed by atoms with van der Waals surface area (Å²) in [5, 5.41) is 8.71. The van der Waals surface area contributed by atoms with Gasteiger partial charge in [-0.15, -0.1) is 0 Å². The van der Waals surface area contributed by atoms with Gasteiger partial charge in [-0.25, -0.2) is 4.39 Å². The molecular formula is C12H16FN3. The lowest BCUT2D eigenvalue weighted by Gasteiger charge is -2.19. The van der Waals surface area contributed by atoms with Crippen molar-refractivity contribution in [3.05, 3.63) is 35.1 Å². The first kappa shape index (κ1) is 12.6. The van der Waals surface area contributed by atoms with Gasteiger partial charge in [0.2, 0.25) is 0 Å². The van der Waals surface area contributed by atoms with Crippen LogP contribution in [-0.2, 0) is 6.54 Å². The molecule has 0 spiro atoms. The summed E-state index contributed by atoms with van der Waals surface area (Å²) in [7, 11) is 0. The Morgan fingerprint density at radius 3 is 2.81 bits per heavy atom. The molecular weight excluding hydrogens is 205 g/mol. The Kier molecular flexibility index (Phi) is 4.90. The summed E-state index contributed by atoms with van der Waals surface area (Å²) < 4.78 is 13.7. The van der Waals surface area contributed by atoms with Crippen LogP contribution >= 0.6 is 0 Å². The van der Waals surface area contributed by atoms with Gasteiger partial charge in [-0.1, -0.05) is 19.1 Å².